The first-order chi connectivity index (χ1) is 18.0. The summed E-state index contributed by atoms with van der Waals surface area (Å²) in [4.78, 5) is 42.1. The molecule has 0 fully saturated rings. The third-order valence-corrected chi connectivity index (χ3v) is 5.69. The van der Waals surface area contributed by atoms with Crippen LogP contribution in [0.1, 0.15) is 22.4 Å². The van der Waals surface area contributed by atoms with E-state index < -0.39 is 21.9 Å². The van der Waals surface area contributed by atoms with Crippen molar-refractivity contribution in [2.75, 3.05) is 0 Å². The molecule has 0 saturated heterocycles. The fraction of sp³-hybridized carbons (Fsp3) is 0.0769. The Morgan fingerprint density at radius 2 is 1.70 bits per heavy atom. The molecule has 4 aromatic heterocycles. The first-order valence-corrected chi connectivity index (χ1v) is 11.2. The first kappa shape index (κ1) is 23.4. The number of hydrogen-bond acceptors (Lipinski definition) is 7. The smallest absolute Gasteiger partial charge is 0.357 e. The van der Waals surface area contributed by atoms with Gasteiger partial charge in [-0.25, -0.2) is 14.0 Å². The summed E-state index contributed by atoms with van der Waals surface area (Å²) in [7, 11) is 0. The predicted molar refractivity (Wildman–Crippen MR) is 135 cm³/mol. The number of nitro groups is 1. The normalized spacial score (nSPS) is 11.2. The highest BCUT2D eigenvalue weighted by Crippen LogP contribution is 2.18. The minimum Gasteiger partial charge on any atom is -0.472 e. The van der Waals surface area contributed by atoms with Crippen LogP contribution in [0, 0.1) is 10.1 Å². The number of rotatable bonds is 8. The fourth-order valence-electron chi connectivity index (χ4n) is 3.89. The van der Waals surface area contributed by atoms with E-state index in [-0.39, 0.29) is 18.8 Å². The molecule has 1 aromatic carbocycles. The standard InChI is InChI=1S/C26H20N6O5/c33-25-24(32(35)36)23(7-6-20-14-28-31(17-20)22-4-2-1-3-5-22)29(15-19-8-11-27-12-9-19)26(34)30(25)16-21-10-13-37-18-21/h1-14,17-18H,15-16H2/b7-6+. The van der Waals surface area contributed by atoms with Crippen LogP contribution < -0.4 is 11.2 Å². The molecule has 37 heavy (non-hydrogen) atoms. The van der Waals surface area contributed by atoms with Crippen molar-refractivity contribution in [3.8, 4) is 5.69 Å². The van der Waals surface area contributed by atoms with Crippen LogP contribution in [0.3, 0.4) is 0 Å². The van der Waals surface area contributed by atoms with Gasteiger partial charge in [-0.1, -0.05) is 18.2 Å². The van der Waals surface area contributed by atoms with Gasteiger partial charge in [-0.05, 0) is 48.0 Å². The lowest BCUT2D eigenvalue weighted by atomic mass is 10.2. The molecule has 0 saturated carbocycles. The average Bonchev–Trinajstić information content (AvgIpc) is 3.60. The summed E-state index contributed by atoms with van der Waals surface area (Å²) in [5.41, 5.74) is 0.173. The molecule has 0 spiro atoms. The van der Waals surface area contributed by atoms with E-state index in [4.69, 9.17) is 4.42 Å². The molecule has 0 aliphatic carbocycles. The number of nitrogens with zero attached hydrogens (tertiary/aromatic N) is 6. The monoisotopic (exact) mass is 496 g/mol. The number of para-hydroxylation sites is 1. The lowest BCUT2D eigenvalue weighted by molar-refractivity contribution is -0.387. The van der Waals surface area contributed by atoms with Crippen LogP contribution in [-0.4, -0.2) is 28.8 Å². The molecule has 0 N–H and O–H groups in total. The quantitative estimate of drug-likeness (QED) is 0.238. The molecule has 0 aliphatic heterocycles. The molecule has 11 heteroatoms. The van der Waals surface area contributed by atoms with E-state index >= 15 is 0 Å². The molecule has 4 heterocycles. The maximum atomic E-state index is 13.5. The van der Waals surface area contributed by atoms with E-state index in [1.807, 2.05) is 30.3 Å². The van der Waals surface area contributed by atoms with Gasteiger partial charge in [-0.3, -0.25) is 24.5 Å². The zero-order valence-corrected chi connectivity index (χ0v) is 19.4. The zero-order valence-electron chi connectivity index (χ0n) is 19.4. The van der Waals surface area contributed by atoms with Crippen LogP contribution in [-0.2, 0) is 13.1 Å². The maximum absolute atomic E-state index is 13.5. The molecule has 0 amide bonds. The number of aromatic nitrogens is 5. The highest BCUT2D eigenvalue weighted by Gasteiger charge is 2.27. The zero-order chi connectivity index (χ0) is 25.8. The minimum atomic E-state index is -0.998. The molecule has 0 radical (unpaired) electrons. The van der Waals surface area contributed by atoms with Crippen molar-refractivity contribution in [2.24, 2.45) is 0 Å². The Hall–Kier alpha value is -5.32. The second kappa shape index (κ2) is 10.1. The SMILES string of the molecule is O=c1c([N+](=O)[O-])c(/C=C/c2cnn(-c3ccccc3)c2)n(Cc2ccncc2)c(=O)n1Cc1ccoc1. The van der Waals surface area contributed by atoms with E-state index in [0.717, 1.165) is 10.3 Å². The Kier molecular flexibility index (Phi) is 6.41. The summed E-state index contributed by atoms with van der Waals surface area (Å²) in [5, 5.41) is 16.4. The van der Waals surface area contributed by atoms with Crippen molar-refractivity contribution < 1.29 is 9.34 Å². The topological polar surface area (TPSA) is 131 Å². The Morgan fingerprint density at radius 3 is 2.41 bits per heavy atom. The second-order valence-corrected chi connectivity index (χ2v) is 8.13. The lowest BCUT2D eigenvalue weighted by Crippen LogP contribution is -2.42. The van der Waals surface area contributed by atoms with Gasteiger partial charge in [0.05, 0.1) is 42.4 Å². The van der Waals surface area contributed by atoms with Crippen LogP contribution in [0.5, 0.6) is 0 Å². The van der Waals surface area contributed by atoms with Crippen LogP contribution in [0.15, 0.2) is 99.9 Å². The summed E-state index contributed by atoms with van der Waals surface area (Å²) >= 11 is 0. The highest BCUT2D eigenvalue weighted by atomic mass is 16.6. The molecule has 0 aliphatic rings. The van der Waals surface area contributed by atoms with Gasteiger partial charge in [-0.2, -0.15) is 5.10 Å². The Balaban J connectivity index is 1.64. The van der Waals surface area contributed by atoms with Crippen molar-refractivity contribution >= 4 is 17.8 Å². The molecule has 184 valence electrons. The van der Waals surface area contributed by atoms with Crippen molar-refractivity contribution in [3.63, 3.8) is 0 Å². The summed E-state index contributed by atoms with van der Waals surface area (Å²) in [6.07, 6.45) is 12.2. The first-order valence-electron chi connectivity index (χ1n) is 11.2. The molecular weight excluding hydrogens is 476 g/mol. The summed E-state index contributed by atoms with van der Waals surface area (Å²) in [5.74, 6) is 0. The van der Waals surface area contributed by atoms with Crippen molar-refractivity contribution in [3.05, 3.63) is 139 Å². The summed E-state index contributed by atoms with van der Waals surface area (Å²) in [6, 6.07) is 14.4. The van der Waals surface area contributed by atoms with Gasteiger partial charge in [0.2, 0.25) is 0 Å². The largest absolute Gasteiger partial charge is 0.472 e. The van der Waals surface area contributed by atoms with Gasteiger partial charge >= 0.3 is 16.9 Å². The van der Waals surface area contributed by atoms with Gasteiger partial charge in [0.25, 0.3) is 0 Å². The third kappa shape index (κ3) is 4.91. The second-order valence-electron chi connectivity index (χ2n) is 8.13. The van der Waals surface area contributed by atoms with Crippen LogP contribution in [0.2, 0.25) is 0 Å². The van der Waals surface area contributed by atoms with E-state index in [9.17, 15) is 19.7 Å². The van der Waals surface area contributed by atoms with Crippen LogP contribution in [0.4, 0.5) is 5.69 Å². The number of pyridine rings is 1. The number of furan rings is 1. The minimum absolute atomic E-state index is 0.00316. The van der Waals surface area contributed by atoms with Crippen molar-refractivity contribution in [2.45, 2.75) is 13.1 Å². The van der Waals surface area contributed by atoms with Crippen LogP contribution >= 0.6 is 0 Å². The third-order valence-electron chi connectivity index (χ3n) is 5.69. The van der Waals surface area contributed by atoms with Crippen molar-refractivity contribution in [1.29, 1.82) is 0 Å². The predicted octanol–water partition coefficient (Wildman–Crippen LogP) is 3.36. The van der Waals surface area contributed by atoms with E-state index in [0.29, 0.717) is 16.7 Å². The average molecular weight is 496 g/mol. The van der Waals surface area contributed by atoms with E-state index in [1.165, 1.54) is 23.2 Å². The highest BCUT2D eigenvalue weighted by molar-refractivity contribution is 5.71. The molecular formula is C26H20N6O5. The molecule has 0 unspecified atom stereocenters. The van der Waals surface area contributed by atoms with E-state index in [2.05, 4.69) is 10.1 Å². The number of benzene rings is 1. The van der Waals surface area contributed by atoms with Gasteiger partial charge < -0.3 is 4.42 Å². The van der Waals surface area contributed by atoms with Gasteiger partial charge in [0, 0.05) is 29.7 Å². The lowest BCUT2D eigenvalue weighted by Gasteiger charge is -2.14. The van der Waals surface area contributed by atoms with Gasteiger partial charge in [-0.15, -0.1) is 0 Å². The molecule has 5 aromatic rings. The molecule has 11 nitrogen and oxygen atoms in total. The van der Waals surface area contributed by atoms with E-state index in [1.54, 1.807) is 53.7 Å². The Labute approximate surface area is 209 Å². The van der Waals surface area contributed by atoms with Crippen LogP contribution in [0.25, 0.3) is 17.8 Å². The maximum Gasteiger partial charge on any atom is 0.357 e. The van der Waals surface area contributed by atoms with Gasteiger partial charge in [0.1, 0.15) is 5.69 Å². The molecule has 0 atom stereocenters. The Bertz CT molecular complexity index is 1680. The Morgan fingerprint density at radius 1 is 0.946 bits per heavy atom. The van der Waals surface area contributed by atoms with Gasteiger partial charge in [0.15, 0.2) is 0 Å². The molecule has 0 bridgehead atoms. The summed E-state index contributed by atoms with van der Waals surface area (Å²) in [6.45, 7) is -0.171. The number of hydrogen-bond donors (Lipinski definition) is 0. The fourth-order valence-corrected chi connectivity index (χ4v) is 3.89. The molecule has 5 rings (SSSR count). The van der Waals surface area contributed by atoms with Crippen molar-refractivity contribution in [1.82, 2.24) is 23.9 Å². The summed E-state index contributed by atoms with van der Waals surface area (Å²) < 4.78 is 8.74.